The first kappa shape index (κ1) is 23.6. The van der Waals surface area contributed by atoms with Gasteiger partial charge in [0.25, 0.3) is 0 Å². The fourth-order valence-electron chi connectivity index (χ4n) is 3.31. The molecule has 0 spiro atoms. The van der Waals surface area contributed by atoms with Gasteiger partial charge in [0.1, 0.15) is 0 Å². The molecule has 0 heterocycles. The molecule has 142 valence electrons. The van der Waals surface area contributed by atoms with Crippen LogP contribution >= 0.6 is 31.9 Å². The third kappa shape index (κ3) is 5.29. The van der Waals surface area contributed by atoms with Crippen LogP contribution in [0, 0.1) is 0 Å². The van der Waals surface area contributed by atoms with Crippen LogP contribution in [0.2, 0.25) is 58.9 Å². The normalized spacial score (nSPS) is 16.1. The lowest BCUT2D eigenvalue weighted by Crippen LogP contribution is -2.65. The predicted octanol–water partition coefficient (Wildman–Crippen LogP) is 7.22. The first-order valence-corrected chi connectivity index (χ1v) is 20.9. The second-order valence-electron chi connectivity index (χ2n) is 10.0. The summed E-state index contributed by atoms with van der Waals surface area (Å²) in [6.07, 6.45) is 1.75. The van der Waals surface area contributed by atoms with Gasteiger partial charge in [-0.1, -0.05) is 115 Å². The molecule has 0 bridgehead atoms. The van der Waals surface area contributed by atoms with Crippen LogP contribution in [-0.2, 0) is 0 Å². The predicted molar refractivity (Wildman–Crippen MR) is 130 cm³/mol. The Labute approximate surface area is 174 Å². The van der Waals surface area contributed by atoms with Crippen molar-refractivity contribution < 1.29 is 5.11 Å². The molecule has 0 aliphatic rings. The number of hydrogen-bond acceptors (Lipinski definition) is 1. The molecule has 0 aromatic heterocycles. The van der Waals surface area contributed by atoms with E-state index in [2.05, 4.69) is 121 Å². The monoisotopic (exact) mass is 520 g/mol. The van der Waals surface area contributed by atoms with Crippen LogP contribution in [0.5, 0.6) is 0 Å². The minimum atomic E-state index is -1.64. The SMILES string of the molecule is C[Si](C)(C)/C(Br)=C/c1ccc(C(O)C(Br)([Si](C)(C)C)[Si](C)(C)C)cc1. The quantitative estimate of drug-likeness (QED) is 0.309. The summed E-state index contributed by atoms with van der Waals surface area (Å²) in [6, 6.07) is 8.44. The zero-order valence-electron chi connectivity index (χ0n) is 17.2. The maximum atomic E-state index is 11.3. The molecule has 1 atom stereocenters. The van der Waals surface area contributed by atoms with Crippen molar-refractivity contribution >= 4 is 62.2 Å². The zero-order valence-corrected chi connectivity index (χ0v) is 23.3. The summed E-state index contributed by atoms with van der Waals surface area (Å²) in [4.78, 5) is 0. The molecule has 1 aromatic carbocycles. The molecule has 1 N–H and O–H groups in total. The molecule has 1 unspecified atom stereocenters. The maximum Gasteiger partial charge on any atom is 0.0892 e. The average molecular weight is 523 g/mol. The summed E-state index contributed by atoms with van der Waals surface area (Å²) < 4.78 is 1.15. The lowest BCUT2D eigenvalue weighted by Gasteiger charge is -2.50. The largest absolute Gasteiger partial charge is 0.388 e. The van der Waals surface area contributed by atoms with Crippen LogP contribution < -0.4 is 0 Å². The molecule has 0 saturated carbocycles. The maximum absolute atomic E-state index is 11.3. The third-order valence-corrected chi connectivity index (χ3v) is 27.2. The Kier molecular flexibility index (Phi) is 7.42. The van der Waals surface area contributed by atoms with Crippen LogP contribution in [0.1, 0.15) is 17.2 Å². The van der Waals surface area contributed by atoms with Gasteiger partial charge in [-0.25, -0.2) is 0 Å². The van der Waals surface area contributed by atoms with Crippen molar-refractivity contribution in [3.05, 3.63) is 39.5 Å². The first-order valence-electron chi connectivity index (χ1n) is 8.86. The highest BCUT2D eigenvalue weighted by Crippen LogP contribution is 2.48. The van der Waals surface area contributed by atoms with E-state index in [-0.39, 0.29) is 3.57 Å². The second-order valence-corrected chi connectivity index (χ2v) is 30.4. The van der Waals surface area contributed by atoms with E-state index in [0.29, 0.717) is 0 Å². The molecule has 0 saturated heterocycles. The van der Waals surface area contributed by atoms with Crippen LogP contribution in [0.3, 0.4) is 0 Å². The number of rotatable bonds is 6. The Hall–Kier alpha value is 0.531. The highest BCUT2D eigenvalue weighted by Gasteiger charge is 2.55. The Morgan fingerprint density at radius 1 is 0.920 bits per heavy atom. The molecule has 0 aliphatic heterocycles. The van der Waals surface area contributed by atoms with Crippen molar-refractivity contribution in [1.82, 2.24) is 0 Å². The van der Waals surface area contributed by atoms with Gasteiger partial charge in [0.15, 0.2) is 0 Å². The first-order chi connectivity index (χ1) is 11.0. The number of alkyl halides is 1. The molecular weight excluding hydrogens is 488 g/mol. The van der Waals surface area contributed by atoms with E-state index in [1.54, 1.807) is 0 Å². The van der Waals surface area contributed by atoms with Gasteiger partial charge in [-0.3, -0.25) is 0 Å². The molecule has 0 fully saturated rings. The summed E-state index contributed by atoms with van der Waals surface area (Å²) in [5, 5.41) is 11.3. The van der Waals surface area contributed by atoms with E-state index in [1.807, 2.05) is 0 Å². The number of aliphatic hydroxyl groups is 1. The van der Waals surface area contributed by atoms with Gasteiger partial charge in [0.05, 0.1) is 30.3 Å². The highest BCUT2D eigenvalue weighted by molar-refractivity contribution is 9.12. The standard InChI is InChI=1S/C19H34Br2OSi3/c1-23(2,3)17(20)14-15-10-12-16(13-11-15)18(22)19(21,24(4,5)6)25(7,8)9/h10-14,18,22H,1-9H3/b17-14+. The van der Waals surface area contributed by atoms with E-state index in [1.165, 1.54) is 9.67 Å². The summed E-state index contributed by atoms with van der Waals surface area (Å²) in [6.45, 7) is 21.1. The number of halogens is 2. The topological polar surface area (TPSA) is 20.2 Å². The molecule has 0 amide bonds. The van der Waals surface area contributed by atoms with Crippen LogP contribution in [0.15, 0.2) is 28.4 Å². The number of aliphatic hydroxyl groups excluding tert-OH is 1. The zero-order chi connectivity index (χ0) is 19.8. The Morgan fingerprint density at radius 3 is 1.64 bits per heavy atom. The van der Waals surface area contributed by atoms with E-state index in [4.69, 9.17) is 0 Å². The summed E-state index contributed by atoms with van der Waals surface area (Å²) >= 11 is 7.82. The van der Waals surface area contributed by atoms with Crippen LogP contribution in [-0.4, -0.2) is 32.9 Å². The molecule has 0 radical (unpaired) electrons. The van der Waals surface area contributed by atoms with Gasteiger partial charge in [0.2, 0.25) is 0 Å². The van der Waals surface area contributed by atoms with E-state index in [0.717, 1.165) is 5.56 Å². The molecule has 1 nitrogen and oxygen atoms in total. The van der Waals surface area contributed by atoms with Crippen molar-refractivity contribution in [2.24, 2.45) is 0 Å². The fourth-order valence-corrected chi connectivity index (χ4v) is 15.4. The van der Waals surface area contributed by atoms with E-state index in [9.17, 15) is 5.11 Å². The van der Waals surface area contributed by atoms with Gasteiger partial charge < -0.3 is 5.11 Å². The average Bonchev–Trinajstić information content (AvgIpc) is 2.43. The van der Waals surface area contributed by atoms with Gasteiger partial charge in [-0.2, -0.15) is 0 Å². The minimum absolute atomic E-state index is 0.163. The summed E-state index contributed by atoms with van der Waals surface area (Å²) in [7, 11) is -4.61. The molecule has 1 rings (SSSR count). The smallest absolute Gasteiger partial charge is 0.0892 e. The Morgan fingerprint density at radius 2 is 1.32 bits per heavy atom. The van der Waals surface area contributed by atoms with Gasteiger partial charge in [-0.15, -0.1) is 0 Å². The lowest BCUT2D eigenvalue weighted by atomic mass is 10.1. The van der Waals surface area contributed by atoms with Crippen molar-refractivity contribution in [3.63, 3.8) is 0 Å². The van der Waals surface area contributed by atoms with Crippen molar-refractivity contribution in [2.45, 2.75) is 68.6 Å². The van der Waals surface area contributed by atoms with E-state index < -0.39 is 30.3 Å². The molecule has 25 heavy (non-hydrogen) atoms. The lowest BCUT2D eigenvalue weighted by molar-refractivity contribution is 0.180. The second kappa shape index (κ2) is 7.87. The van der Waals surface area contributed by atoms with Crippen LogP contribution in [0.25, 0.3) is 6.08 Å². The highest BCUT2D eigenvalue weighted by atomic mass is 79.9. The van der Waals surface area contributed by atoms with E-state index >= 15 is 0 Å². The van der Waals surface area contributed by atoms with Crippen molar-refractivity contribution in [1.29, 1.82) is 0 Å². The molecule has 1 aromatic rings. The minimum Gasteiger partial charge on any atom is -0.388 e. The number of benzene rings is 1. The van der Waals surface area contributed by atoms with Crippen LogP contribution in [0.4, 0.5) is 0 Å². The Balaban J connectivity index is 3.25. The molecule has 6 heteroatoms. The summed E-state index contributed by atoms with van der Waals surface area (Å²) in [5.41, 5.74) is 2.20. The van der Waals surface area contributed by atoms with Gasteiger partial charge in [0, 0.05) is 3.57 Å². The fraction of sp³-hybridized carbons (Fsp3) is 0.579. The van der Waals surface area contributed by atoms with Gasteiger partial charge >= 0.3 is 0 Å². The number of hydrogen-bond donors (Lipinski definition) is 1. The van der Waals surface area contributed by atoms with Crippen molar-refractivity contribution in [2.75, 3.05) is 0 Å². The third-order valence-electron chi connectivity index (χ3n) is 4.82. The molecular formula is C19H34Br2OSi3. The van der Waals surface area contributed by atoms with Gasteiger partial charge in [-0.05, 0) is 21.3 Å². The molecule has 0 aliphatic carbocycles. The van der Waals surface area contributed by atoms with Crippen molar-refractivity contribution in [3.8, 4) is 0 Å². The summed E-state index contributed by atoms with van der Waals surface area (Å²) in [5.74, 6) is 0. The Bertz CT molecular complexity index is 606.